The molecule has 0 spiro atoms. The number of methoxy groups -OCH3 is 1. The monoisotopic (exact) mass is 575 g/mol. The fourth-order valence-electron chi connectivity index (χ4n) is 3.83. The van der Waals surface area contributed by atoms with Gasteiger partial charge in [-0.15, -0.1) is 0 Å². The molecule has 0 bridgehead atoms. The second kappa shape index (κ2) is 11.0. The maximum atomic E-state index is 13.2. The lowest BCUT2D eigenvalue weighted by molar-refractivity contribution is -0.124. The number of aromatic nitrogens is 3. The Kier molecular flexibility index (Phi) is 7.91. The number of rotatable bonds is 8. The van der Waals surface area contributed by atoms with E-state index < -0.39 is 15.9 Å². The summed E-state index contributed by atoms with van der Waals surface area (Å²) in [7, 11) is -1.20. The molecule has 2 aromatic carbocycles. The van der Waals surface area contributed by atoms with Crippen molar-refractivity contribution in [2.24, 2.45) is 5.92 Å². The molecule has 38 heavy (non-hydrogen) atoms. The van der Waals surface area contributed by atoms with Gasteiger partial charge < -0.3 is 10.1 Å². The number of pyridine rings is 1. The van der Waals surface area contributed by atoms with Gasteiger partial charge in [0.25, 0.3) is 15.6 Å². The second-order valence-electron chi connectivity index (χ2n) is 8.44. The van der Waals surface area contributed by atoms with Crippen molar-refractivity contribution in [3.8, 4) is 17.0 Å². The maximum Gasteiger partial charge on any atom is 0.262 e. The van der Waals surface area contributed by atoms with Crippen LogP contribution in [0.5, 0.6) is 5.88 Å². The first-order valence-electron chi connectivity index (χ1n) is 11.3. The first-order valence-corrected chi connectivity index (χ1v) is 13.5. The maximum absolute atomic E-state index is 13.2. The molecule has 4 aromatic rings. The zero-order valence-electron chi connectivity index (χ0n) is 20.5. The van der Waals surface area contributed by atoms with Crippen molar-refractivity contribution in [3.63, 3.8) is 0 Å². The van der Waals surface area contributed by atoms with Gasteiger partial charge in [0.15, 0.2) is 0 Å². The van der Waals surface area contributed by atoms with Crippen molar-refractivity contribution in [2.75, 3.05) is 18.9 Å². The molecule has 0 aliphatic rings. The predicted molar refractivity (Wildman–Crippen MR) is 146 cm³/mol. The van der Waals surface area contributed by atoms with Crippen molar-refractivity contribution < 1.29 is 17.9 Å². The van der Waals surface area contributed by atoms with Crippen molar-refractivity contribution in [1.29, 1.82) is 0 Å². The molecule has 4 rings (SSSR count). The van der Waals surface area contributed by atoms with Crippen molar-refractivity contribution in [2.45, 2.75) is 18.4 Å². The van der Waals surface area contributed by atoms with Gasteiger partial charge in [-0.05, 0) is 42.0 Å². The molecule has 2 aromatic heterocycles. The van der Waals surface area contributed by atoms with Crippen LogP contribution in [-0.2, 0) is 21.4 Å². The lowest BCUT2D eigenvalue weighted by atomic mass is 10.0. The lowest BCUT2D eigenvalue weighted by Gasteiger charge is -2.14. The normalized spacial score (nSPS) is 12.2. The lowest BCUT2D eigenvalue weighted by Crippen LogP contribution is -2.32. The van der Waals surface area contributed by atoms with Gasteiger partial charge in [0.2, 0.25) is 11.8 Å². The first kappa shape index (κ1) is 27.4. The molecule has 10 nitrogen and oxygen atoms in total. The largest absolute Gasteiger partial charge is 0.480 e. The van der Waals surface area contributed by atoms with Crippen LogP contribution >= 0.6 is 23.2 Å². The molecule has 0 unspecified atom stereocenters. The van der Waals surface area contributed by atoms with Crippen molar-refractivity contribution >= 4 is 55.7 Å². The first-order chi connectivity index (χ1) is 18.0. The number of hydrogen-bond acceptors (Lipinski definition) is 7. The van der Waals surface area contributed by atoms with Crippen LogP contribution < -0.4 is 20.3 Å². The van der Waals surface area contributed by atoms with Crippen molar-refractivity contribution in [3.05, 3.63) is 75.4 Å². The Morgan fingerprint density at radius 1 is 1.08 bits per heavy atom. The summed E-state index contributed by atoms with van der Waals surface area (Å²) in [6, 6.07) is 10.6. The van der Waals surface area contributed by atoms with Gasteiger partial charge in [-0.1, -0.05) is 36.2 Å². The van der Waals surface area contributed by atoms with Gasteiger partial charge in [-0.3, -0.25) is 18.9 Å². The Hall–Kier alpha value is -3.67. The van der Waals surface area contributed by atoms with Crippen LogP contribution in [-0.4, -0.2) is 43.0 Å². The highest BCUT2D eigenvalue weighted by molar-refractivity contribution is 7.92. The molecule has 198 valence electrons. The minimum atomic E-state index is -4.09. The molecular formula is C25H23Cl2N5O5S. The zero-order chi connectivity index (χ0) is 27.6. The molecule has 0 aliphatic carbocycles. The van der Waals surface area contributed by atoms with E-state index in [-0.39, 0.29) is 44.5 Å². The van der Waals surface area contributed by atoms with Crippen molar-refractivity contribution in [1.82, 2.24) is 19.9 Å². The van der Waals surface area contributed by atoms with E-state index in [0.717, 1.165) is 0 Å². The van der Waals surface area contributed by atoms with Crippen LogP contribution in [0, 0.1) is 5.92 Å². The van der Waals surface area contributed by atoms with Crippen LogP contribution in [0.15, 0.2) is 64.7 Å². The number of fused-ring (bicyclic) bond motifs is 1. The molecule has 0 saturated carbocycles. The average Bonchev–Trinajstić information content (AvgIpc) is 2.88. The highest BCUT2D eigenvalue weighted by Crippen LogP contribution is 2.32. The van der Waals surface area contributed by atoms with E-state index in [0.29, 0.717) is 22.0 Å². The highest BCUT2D eigenvalue weighted by Gasteiger charge is 2.20. The van der Waals surface area contributed by atoms with Gasteiger partial charge in [-0.25, -0.2) is 18.4 Å². The van der Waals surface area contributed by atoms with Gasteiger partial charge in [0, 0.05) is 35.4 Å². The van der Waals surface area contributed by atoms with Crippen LogP contribution in [0.4, 0.5) is 5.69 Å². The third kappa shape index (κ3) is 5.74. The minimum absolute atomic E-state index is 0.0402. The summed E-state index contributed by atoms with van der Waals surface area (Å²) in [5.74, 6) is -0.584. The molecule has 0 aliphatic heterocycles. The molecule has 2 heterocycles. The summed E-state index contributed by atoms with van der Waals surface area (Å²) >= 11 is 12.0. The van der Waals surface area contributed by atoms with E-state index in [9.17, 15) is 18.0 Å². The number of anilines is 1. The van der Waals surface area contributed by atoms with Gasteiger partial charge in [0.05, 0.1) is 35.2 Å². The Bertz CT molecular complexity index is 1690. The molecule has 1 atom stereocenters. The standard InChI is InChI=1S/C25H23Cl2N5O5S/c1-14(23(33)28-2)12-32-13-30-21-5-4-15(6-20(21)25(32)34)16-7-22(24(37-3)29-11-16)31-38(35,36)19-9-17(26)8-18(27)10-19/h4-11,13-14,31H,12H2,1-3H3,(H,28,33)/t14-/m0/s1. The summed E-state index contributed by atoms with van der Waals surface area (Å²) in [5, 5.41) is 3.23. The topological polar surface area (TPSA) is 132 Å². The SMILES string of the molecule is CNC(=O)[C@@H](C)Cn1cnc2ccc(-c3cnc(OC)c(NS(=O)(=O)c4cc(Cl)cc(Cl)c4)c3)cc2c1=O. The number of ether oxygens (including phenoxy) is 1. The zero-order valence-corrected chi connectivity index (χ0v) is 22.9. The van der Waals surface area contributed by atoms with Crippen LogP contribution in [0.1, 0.15) is 6.92 Å². The summed E-state index contributed by atoms with van der Waals surface area (Å²) in [6.07, 6.45) is 2.91. The van der Waals surface area contributed by atoms with E-state index in [1.807, 2.05) is 0 Å². The van der Waals surface area contributed by atoms with E-state index in [1.165, 1.54) is 49.4 Å². The molecule has 1 amide bonds. The number of halogens is 2. The number of carbonyl (C=O) groups is 1. The highest BCUT2D eigenvalue weighted by atomic mass is 35.5. The average molecular weight is 576 g/mol. The Balaban J connectivity index is 1.73. The number of carbonyl (C=O) groups excluding carboxylic acids is 1. The van der Waals surface area contributed by atoms with Crippen LogP contribution in [0.25, 0.3) is 22.0 Å². The third-order valence-electron chi connectivity index (χ3n) is 5.76. The molecule has 2 N–H and O–H groups in total. The number of benzene rings is 2. The predicted octanol–water partition coefficient (Wildman–Crippen LogP) is 3.96. The summed E-state index contributed by atoms with van der Waals surface area (Å²) in [5.41, 5.74) is 1.35. The van der Waals surface area contributed by atoms with E-state index in [2.05, 4.69) is 20.0 Å². The number of nitrogens with zero attached hydrogens (tertiary/aromatic N) is 3. The van der Waals surface area contributed by atoms with E-state index in [4.69, 9.17) is 27.9 Å². The van der Waals surface area contributed by atoms with Crippen LogP contribution in [0.2, 0.25) is 10.0 Å². The van der Waals surface area contributed by atoms with E-state index >= 15 is 0 Å². The molecule has 13 heteroatoms. The Morgan fingerprint density at radius 3 is 2.45 bits per heavy atom. The number of nitrogens with one attached hydrogen (secondary N) is 2. The number of hydrogen-bond donors (Lipinski definition) is 2. The second-order valence-corrected chi connectivity index (χ2v) is 11.0. The smallest absolute Gasteiger partial charge is 0.262 e. The molecular weight excluding hydrogens is 553 g/mol. The quantitative estimate of drug-likeness (QED) is 0.325. The van der Waals surface area contributed by atoms with Gasteiger partial charge in [0.1, 0.15) is 5.69 Å². The third-order valence-corrected chi connectivity index (χ3v) is 7.54. The van der Waals surface area contributed by atoms with Gasteiger partial charge in [-0.2, -0.15) is 0 Å². The molecule has 0 saturated heterocycles. The Labute approximate surface area is 228 Å². The van der Waals surface area contributed by atoms with E-state index in [1.54, 1.807) is 31.2 Å². The molecule has 0 radical (unpaired) electrons. The fraction of sp³-hybridized carbons (Fsp3) is 0.200. The summed E-state index contributed by atoms with van der Waals surface area (Å²) in [4.78, 5) is 33.5. The molecule has 0 fully saturated rings. The summed E-state index contributed by atoms with van der Waals surface area (Å²) in [6.45, 7) is 1.88. The Morgan fingerprint density at radius 2 is 1.79 bits per heavy atom. The summed E-state index contributed by atoms with van der Waals surface area (Å²) < 4.78 is 35.2. The fourth-order valence-corrected chi connectivity index (χ4v) is 5.60. The number of sulfonamides is 1. The van der Waals surface area contributed by atoms with Gasteiger partial charge >= 0.3 is 0 Å². The van der Waals surface area contributed by atoms with Crippen LogP contribution in [0.3, 0.4) is 0 Å². The minimum Gasteiger partial charge on any atom is -0.480 e. The number of amides is 1.